The van der Waals surface area contributed by atoms with Gasteiger partial charge in [-0.05, 0) is 55.2 Å². The molecule has 2 aliphatic rings. The summed E-state index contributed by atoms with van der Waals surface area (Å²) in [4.78, 5) is 11.9. The number of fused-ring (bicyclic) bond motifs is 1. The first-order valence-corrected chi connectivity index (χ1v) is 7.32. The molecule has 0 bridgehead atoms. The highest BCUT2D eigenvalue weighted by Gasteiger charge is 2.20. The van der Waals surface area contributed by atoms with Crippen LogP contribution in [-0.2, 0) is 6.42 Å². The van der Waals surface area contributed by atoms with Crippen molar-refractivity contribution in [2.24, 2.45) is 0 Å². The Balaban J connectivity index is 1.85. The van der Waals surface area contributed by atoms with Crippen molar-refractivity contribution in [3.8, 4) is 5.75 Å². The zero-order valence-corrected chi connectivity index (χ0v) is 12.4. The van der Waals surface area contributed by atoms with Crippen molar-refractivity contribution in [1.29, 1.82) is 0 Å². The Morgan fingerprint density at radius 1 is 1.32 bits per heavy atom. The molecule has 1 atom stereocenters. The smallest absolute Gasteiger partial charge is 0.163 e. The lowest BCUT2D eigenvalue weighted by molar-refractivity contribution is 0.0972. The molecule has 0 heterocycles. The molecule has 0 saturated heterocycles. The highest BCUT2D eigenvalue weighted by Crippen LogP contribution is 2.30. The fraction of sp³-hybridized carbons (Fsp3) is 0.312. The summed E-state index contributed by atoms with van der Waals surface area (Å²) in [5.41, 5.74) is 3.15. The van der Waals surface area contributed by atoms with Crippen LogP contribution >= 0.6 is 15.9 Å². The number of ether oxygens (including phenoxy) is 1. The number of benzene rings is 1. The Hall–Kier alpha value is -1.35. The summed E-state index contributed by atoms with van der Waals surface area (Å²) in [6.45, 7) is 2.04. The van der Waals surface area contributed by atoms with Gasteiger partial charge in [0.15, 0.2) is 5.78 Å². The van der Waals surface area contributed by atoms with Crippen molar-refractivity contribution in [2.45, 2.75) is 32.3 Å². The van der Waals surface area contributed by atoms with Gasteiger partial charge in [-0.1, -0.05) is 22.0 Å². The average molecular weight is 319 g/mol. The SMILES string of the molecule is CC1=C(Br)C=CC1Oc1ccc2c(c1)C(=O)CCC2. The Bertz CT molecular complexity index is 599. The topological polar surface area (TPSA) is 26.3 Å². The predicted octanol–water partition coefficient (Wildman–Crippen LogP) is 4.19. The number of rotatable bonds is 2. The summed E-state index contributed by atoms with van der Waals surface area (Å²) in [5, 5.41) is 0. The van der Waals surface area contributed by atoms with Gasteiger partial charge in [0.1, 0.15) is 11.9 Å². The van der Waals surface area contributed by atoms with E-state index in [-0.39, 0.29) is 11.9 Å². The Morgan fingerprint density at radius 3 is 2.89 bits per heavy atom. The molecule has 3 rings (SSSR count). The largest absolute Gasteiger partial charge is 0.482 e. The minimum Gasteiger partial charge on any atom is -0.482 e. The van der Waals surface area contributed by atoms with Crippen molar-refractivity contribution in [3.63, 3.8) is 0 Å². The molecule has 1 unspecified atom stereocenters. The van der Waals surface area contributed by atoms with E-state index in [4.69, 9.17) is 4.74 Å². The molecule has 0 radical (unpaired) electrons. The molecule has 1 aromatic carbocycles. The van der Waals surface area contributed by atoms with E-state index in [1.807, 2.05) is 37.3 Å². The van der Waals surface area contributed by atoms with Crippen LogP contribution in [0.15, 0.2) is 40.4 Å². The zero-order valence-electron chi connectivity index (χ0n) is 10.8. The normalized spacial score (nSPS) is 21.8. The fourth-order valence-corrected chi connectivity index (χ4v) is 2.92. The molecule has 2 nitrogen and oxygen atoms in total. The van der Waals surface area contributed by atoms with Gasteiger partial charge in [-0.25, -0.2) is 0 Å². The van der Waals surface area contributed by atoms with E-state index >= 15 is 0 Å². The maximum absolute atomic E-state index is 11.9. The van der Waals surface area contributed by atoms with E-state index < -0.39 is 0 Å². The molecule has 0 amide bonds. The number of allylic oxidation sites excluding steroid dienone is 2. The van der Waals surface area contributed by atoms with Gasteiger partial charge in [-0.15, -0.1) is 0 Å². The number of carbonyl (C=O) groups excluding carboxylic acids is 1. The fourth-order valence-electron chi connectivity index (χ4n) is 2.54. The lowest BCUT2D eigenvalue weighted by Crippen LogP contribution is -2.15. The highest BCUT2D eigenvalue weighted by molar-refractivity contribution is 9.11. The monoisotopic (exact) mass is 318 g/mol. The number of Topliss-reactive ketones (excluding diaryl/α,β-unsaturated/α-hetero) is 1. The quantitative estimate of drug-likeness (QED) is 0.817. The summed E-state index contributed by atoms with van der Waals surface area (Å²) < 4.78 is 7.02. The highest BCUT2D eigenvalue weighted by atomic mass is 79.9. The van der Waals surface area contributed by atoms with Crippen LogP contribution in [0.4, 0.5) is 0 Å². The van der Waals surface area contributed by atoms with Crippen LogP contribution in [0.1, 0.15) is 35.7 Å². The number of hydrogen-bond donors (Lipinski definition) is 0. The minimum absolute atomic E-state index is 0.0360. The second kappa shape index (κ2) is 4.97. The molecule has 0 saturated carbocycles. The van der Waals surface area contributed by atoms with E-state index in [1.165, 1.54) is 0 Å². The third kappa shape index (κ3) is 2.39. The number of ketones is 1. The van der Waals surface area contributed by atoms with E-state index in [0.717, 1.165) is 39.8 Å². The van der Waals surface area contributed by atoms with Crippen molar-refractivity contribution < 1.29 is 9.53 Å². The average Bonchev–Trinajstić information content (AvgIpc) is 2.72. The van der Waals surface area contributed by atoms with Crippen LogP contribution in [0.25, 0.3) is 0 Å². The van der Waals surface area contributed by atoms with Crippen LogP contribution in [0, 0.1) is 0 Å². The van der Waals surface area contributed by atoms with Crippen molar-refractivity contribution >= 4 is 21.7 Å². The summed E-state index contributed by atoms with van der Waals surface area (Å²) in [6.07, 6.45) is 6.60. The van der Waals surface area contributed by atoms with E-state index in [0.29, 0.717) is 6.42 Å². The predicted molar refractivity (Wildman–Crippen MR) is 78.9 cm³/mol. The maximum atomic E-state index is 11.9. The zero-order chi connectivity index (χ0) is 13.4. The van der Waals surface area contributed by atoms with E-state index in [9.17, 15) is 4.79 Å². The molecular weight excluding hydrogens is 304 g/mol. The Morgan fingerprint density at radius 2 is 2.16 bits per heavy atom. The summed E-state index contributed by atoms with van der Waals surface area (Å²) in [5.74, 6) is 1.01. The third-order valence-electron chi connectivity index (χ3n) is 3.72. The third-order valence-corrected chi connectivity index (χ3v) is 4.61. The second-order valence-electron chi connectivity index (χ2n) is 5.02. The van der Waals surface area contributed by atoms with Crippen molar-refractivity contribution in [1.82, 2.24) is 0 Å². The molecule has 98 valence electrons. The first kappa shape index (κ1) is 12.7. The standard InChI is InChI=1S/C16H15BrO2/c1-10-14(17)7-8-16(10)19-12-6-5-11-3-2-4-15(18)13(11)9-12/h5-9,16H,2-4H2,1H3. The van der Waals surface area contributed by atoms with Crippen molar-refractivity contribution in [3.05, 3.63) is 51.5 Å². The summed E-state index contributed by atoms with van der Waals surface area (Å²) in [7, 11) is 0. The minimum atomic E-state index is -0.0360. The summed E-state index contributed by atoms with van der Waals surface area (Å²) >= 11 is 3.49. The van der Waals surface area contributed by atoms with Crippen LogP contribution in [-0.4, -0.2) is 11.9 Å². The second-order valence-corrected chi connectivity index (χ2v) is 5.88. The van der Waals surface area contributed by atoms with Gasteiger partial charge in [0.05, 0.1) is 0 Å². The number of hydrogen-bond acceptors (Lipinski definition) is 2. The first-order valence-electron chi connectivity index (χ1n) is 6.52. The number of halogens is 1. The van der Waals surface area contributed by atoms with Crippen LogP contribution in [0.2, 0.25) is 0 Å². The van der Waals surface area contributed by atoms with Gasteiger partial charge in [0, 0.05) is 16.5 Å². The maximum Gasteiger partial charge on any atom is 0.163 e. The molecular formula is C16H15BrO2. The van der Waals surface area contributed by atoms with E-state index in [2.05, 4.69) is 15.9 Å². The molecule has 0 aromatic heterocycles. The van der Waals surface area contributed by atoms with Crippen molar-refractivity contribution in [2.75, 3.05) is 0 Å². The van der Waals surface area contributed by atoms with Gasteiger partial charge in [0.2, 0.25) is 0 Å². The molecule has 0 spiro atoms. The van der Waals surface area contributed by atoms with Gasteiger partial charge in [-0.2, -0.15) is 0 Å². The summed E-state index contributed by atoms with van der Waals surface area (Å²) in [6, 6.07) is 5.88. The molecule has 0 N–H and O–H groups in total. The van der Waals surface area contributed by atoms with Gasteiger partial charge in [0.25, 0.3) is 0 Å². The molecule has 19 heavy (non-hydrogen) atoms. The van der Waals surface area contributed by atoms with Crippen LogP contribution in [0.5, 0.6) is 5.75 Å². The number of aryl methyl sites for hydroxylation is 1. The molecule has 3 heteroatoms. The van der Waals surface area contributed by atoms with Gasteiger partial charge in [-0.3, -0.25) is 4.79 Å². The molecule has 2 aliphatic carbocycles. The Kier molecular flexibility index (Phi) is 3.31. The van der Waals surface area contributed by atoms with E-state index in [1.54, 1.807) is 0 Å². The first-order chi connectivity index (χ1) is 9.15. The molecule has 1 aromatic rings. The number of carbonyl (C=O) groups is 1. The lowest BCUT2D eigenvalue weighted by Gasteiger charge is -2.18. The molecule has 0 aliphatic heterocycles. The van der Waals surface area contributed by atoms with Crippen LogP contribution in [0.3, 0.4) is 0 Å². The Labute approximate surface area is 121 Å². The van der Waals surface area contributed by atoms with Gasteiger partial charge < -0.3 is 4.74 Å². The lowest BCUT2D eigenvalue weighted by atomic mass is 9.90. The van der Waals surface area contributed by atoms with Gasteiger partial charge >= 0.3 is 0 Å². The molecule has 0 fully saturated rings. The van der Waals surface area contributed by atoms with Crippen LogP contribution < -0.4 is 4.74 Å².